The molecule has 2 heterocycles. The highest BCUT2D eigenvalue weighted by molar-refractivity contribution is 5.76. The second-order valence-electron chi connectivity index (χ2n) is 5.69. The van der Waals surface area contributed by atoms with E-state index in [2.05, 4.69) is 9.97 Å². The van der Waals surface area contributed by atoms with Crippen molar-refractivity contribution in [3.63, 3.8) is 0 Å². The predicted octanol–water partition coefficient (Wildman–Crippen LogP) is 1.57. The van der Waals surface area contributed by atoms with Crippen molar-refractivity contribution < 1.29 is 19.0 Å². The number of carboxylic acid groups (broad SMARTS) is 1. The summed E-state index contributed by atoms with van der Waals surface area (Å²) in [4.78, 5) is 23.9. The number of aliphatic carboxylic acids is 1. The SMILES string of the molecule is COc1cccc(C(C(=O)O)N2CCN(c3cnccn3)CC2)c1F. The number of methoxy groups -OCH3 is 1. The van der Waals surface area contributed by atoms with Gasteiger partial charge in [0.2, 0.25) is 0 Å². The lowest BCUT2D eigenvalue weighted by Crippen LogP contribution is -2.49. The van der Waals surface area contributed by atoms with Gasteiger partial charge in [-0.15, -0.1) is 0 Å². The molecule has 0 saturated carbocycles. The number of aromatic nitrogens is 2. The van der Waals surface area contributed by atoms with Crippen molar-refractivity contribution in [3.8, 4) is 5.75 Å². The Morgan fingerprint density at radius 2 is 2.04 bits per heavy atom. The Bertz CT molecular complexity index is 736. The van der Waals surface area contributed by atoms with Crippen LogP contribution in [0, 0.1) is 5.82 Å². The van der Waals surface area contributed by atoms with Crippen LogP contribution in [0.3, 0.4) is 0 Å². The van der Waals surface area contributed by atoms with Gasteiger partial charge in [-0.3, -0.25) is 14.7 Å². The number of piperazine rings is 1. The van der Waals surface area contributed by atoms with Crippen LogP contribution in [-0.2, 0) is 4.79 Å². The third kappa shape index (κ3) is 3.53. The molecule has 1 N–H and O–H groups in total. The smallest absolute Gasteiger partial charge is 0.325 e. The van der Waals surface area contributed by atoms with Gasteiger partial charge in [-0.05, 0) is 6.07 Å². The van der Waals surface area contributed by atoms with E-state index in [9.17, 15) is 14.3 Å². The normalized spacial score (nSPS) is 16.5. The molecule has 1 fully saturated rings. The number of carboxylic acids is 1. The van der Waals surface area contributed by atoms with Gasteiger partial charge in [0, 0.05) is 44.1 Å². The summed E-state index contributed by atoms with van der Waals surface area (Å²) in [5, 5.41) is 9.66. The molecule has 0 amide bonds. The van der Waals surface area contributed by atoms with E-state index in [1.807, 2.05) is 4.90 Å². The van der Waals surface area contributed by atoms with Crippen LogP contribution in [0.1, 0.15) is 11.6 Å². The van der Waals surface area contributed by atoms with Crippen molar-refractivity contribution in [1.29, 1.82) is 0 Å². The Morgan fingerprint density at radius 1 is 1.28 bits per heavy atom. The van der Waals surface area contributed by atoms with Gasteiger partial charge >= 0.3 is 5.97 Å². The number of nitrogens with zero attached hydrogens (tertiary/aromatic N) is 4. The zero-order valence-corrected chi connectivity index (χ0v) is 13.8. The molecule has 0 radical (unpaired) electrons. The summed E-state index contributed by atoms with van der Waals surface area (Å²) >= 11 is 0. The molecule has 0 bridgehead atoms. The fourth-order valence-corrected chi connectivity index (χ4v) is 3.05. The number of rotatable bonds is 5. The molecule has 0 aliphatic carbocycles. The van der Waals surface area contributed by atoms with E-state index in [1.165, 1.54) is 19.2 Å². The molecule has 1 aliphatic heterocycles. The molecular weight excluding hydrogens is 327 g/mol. The first-order valence-electron chi connectivity index (χ1n) is 7.92. The highest BCUT2D eigenvalue weighted by atomic mass is 19.1. The minimum Gasteiger partial charge on any atom is -0.494 e. The van der Waals surface area contributed by atoms with Crippen LogP contribution in [0.25, 0.3) is 0 Å². The summed E-state index contributed by atoms with van der Waals surface area (Å²) in [6, 6.07) is 3.51. The number of hydrogen-bond donors (Lipinski definition) is 1. The molecule has 25 heavy (non-hydrogen) atoms. The van der Waals surface area contributed by atoms with Crippen LogP contribution < -0.4 is 9.64 Å². The zero-order valence-electron chi connectivity index (χ0n) is 13.8. The molecular formula is C17H19FN4O3. The van der Waals surface area contributed by atoms with Crippen molar-refractivity contribution in [2.75, 3.05) is 38.2 Å². The summed E-state index contributed by atoms with van der Waals surface area (Å²) in [6.45, 7) is 2.14. The van der Waals surface area contributed by atoms with E-state index in [-0.39, 0.29) is 11.3 Å². The van der Waals surface area contributed by atoms with Gasteiger partial charge in [-0.2, -0.15) is 0 Å². The maximum atomic E-state index is 14.5. The lowest BCUT2D eigenvalue weighted by atomic mass is 10.0. The van der Waals surface area contributed by atoms with Crippen molar-refractivity contribution >= 4 is 11.8 Å². The Kier molecular flexibility index (Phi) is 5.08. The van der Waals surface area contributed by atoms with Crippen molar-refractivity contribution in [3.05, 3.63) is 48.2 Å². The molecule has 1 aliphatic rings. The van der Waals surface area contributed by atoms with Crippen molar-refractivity contribution in [1.82, 2.24) is 14.9 Å². The van der Waals surface area contributed by atoms with Crippen LogP contribution in [0.15, 0.2) is 36.8 Å². The van der Waals surface area contributed by atoms with E-state index in [1.54, 1.807) is 29.6 Å². The van der Waals surface area contributed by atoms with Gasteiger partial charge < -0.3 is 14.7 Å². The van der Waals surface area contributed by atoms with Crippen molar-refractivity contribution in [2.45, 2.75) is 6.04 Å². The number of carbonyl (C=O) groups is 1. The Labute approximate surface area is 144 Å². The number of ether oxygens (including phenoxy) is 1. The minimum absolute atomic E-state index is 0.0435. The first-order valence-corrected chi connectivity index (χ1v) is 7.92. The highest BCUT2D eigenvalue weighted by Gasteiger charge is 2.33. The van der Waals surface area contributed by atoms with Crippen molar-refractivity contribution in [2.24, 2.45) is 0 Å². The monoisotopic (exact) mass is 346 g/mol. The zero-order chi connectivity index (χ0) is 17.8. The summed E-state index contributed by atoms with van der Waals surface area (Å²) in [5.41, 5.74) is 0.111. The van der Waals surface area contributed by atoms with Crippen LogP contribution >= 0.6 is 0 Å². The summed E-state index contributed by atoms with van der Waals surface area (Å²) in [5.74, 6) is -0.919. The number of anilines is 1. The minimum atomic E-state index is -1.08. The lowest BCUT2D eigenvalue weighted by molar-refractivity contribution is -0.143. The Hall–Kier alpha value is -2.74. The largest absolute Gasteiger partial charge is 0.494 e. The molecule has 2 aromatic rings. The molecule has 8 heteroatoms. The quantitative estimate of drug-likeness (QED) is 0.880. The molecule has 1 unspecified atom stereocenters. The number of halogens is 1. The molecule has 1 saturated heterocycles. The van der Waals surface area contributed by atoms with Gasteiger partial charge in [0.1, 0.15) is 11.9 Å². The summed E-state index contributed by atoms with van der Waals surface area (Å²) in [6.07, 6.45) is 4.89. The molecule has 7 nitrogen and oxygen atoms in total. The first kappa shape index (κ1) is 17.1. The van der Waals surface area contributed by atoms with Gasteiger partial charge in [0.05, 0.1) is 13.3 Å². The van der Waals surface area contributed by atoms with Gasteiger partial charge in [0.25, 0.3) is 0 Å². The molecule has 3 rings (SSSR count). The standard InChI is InChI=1S/C17H19FN4O3/c1-25-13-4-2-3-12(15(13)18)16(17(23)24)22-9-7-21(8-10-22)14-11-19-5-6-20-14/h2-6,11,16H,7-10H2,1H3,(H,23,24). The topological polar surface area (TPSA) is 78.8 Å². The summed E-state index contributed by atoms with van der Waals surface area (Å²) in [7, 11) is 1.36. The second-order valence-corrected chi connectivity index (χ2v) is 5.69. The molecule has 1 aromatic carbocycles. The van der Waals surface area contributed by atoms with Gasteiger partial charge in [-0.25, -0.2) is 9.37 Å². The highest BCUT2D eigenvalue weighted by Crippen LogP contribution is 2.30. The van der Waals surface area contributed by atoms with E-state index >= 15 is 0 Å². The number of benzene rings is 1. The molecule has 132 valence electrons. The van der Waals surface area contributed by atoms with Gasteiger partial charge in [0.15, 0.2) is 11.6 Å². The van der Waals surface area contributed by atoms with E-state index < -0.39 is 17.8 Å². The average molecular weight is 346 g/mol. The molecule has 0 spiro atoms. The maximum absolute atomic E-state index is 14.5. The predicted molar refractivity (Wildman–Crippen MR) is 89.1 cm³/mol. The van der Waals surface area contributed by atoms with E-state index in [0.29, 0.717) is 26.2 Å². The fraction of sp³-hybridized carbons (Fsp3) is 0.353. The van der Waals surface area contributed by atoms with Crippen LogP contribution in [-0.4, -0.2) is 59.2 Å². The van der Waals surface area contributed by atoms with E-state index in [4.69, 9.17) is 4.74 Å². The maximum Gasteiger partial charge on any atom is 0.325 e. The first-order chi connectivity index (χ1) is 12.1. The second kappa shape index (κ2) is 7.43. The third-order valence-corrected chi connectivity index (χ3v) is 4.29. The summed E-state index contributed by atoms with van der Waals surface area (Å²) < 4.78 is 19.5. The lowest BCUT2D eigenvalue weighted by Gasteiger charge is -2.38. The molecule has 1 aromatic heterocycles. The Morgan fingerprint density at radius 3 is 2.64 bits per heavy atom. The van der Waals surface area contributed by atoms with E-state index in [0.717, 1.165) is 5.82 Å². The average Bonchev–Trinajstić information content (AvgIpc) is 2.64. The van der Waals surface area contributed by atoms with Crippen LogP contribution in [0.4, 0.5) is 10.2 Å². The van der Waals surface area contributed by atoms with Gasteiger partial charge in [-0.1, -0.05) is 12.1 Å². The Balaban J connectivity index is 1.78. The fourth-order valence-electron chi connectivity index (χ4n) is 3.05. The van der Waals surface area contributed by atoms with Crippen LogP contribution in [0.5, 0.6) is 5.75 Å². The van der Waals surface area contributed by atoms with Crippen LogP contribution in [0.2, 0.25) is 0 Å². The number of hydrogen-bond acceptors (Lipinski definition) is 6. The third-order valence-electron chi connectivity index (χ3n) is 4.29. The molecule has 1 atom stereocenters.